The molecule has 0 aliphatic heterocycles. The van der Waals surface area contributed by atoms with Gasteiger partial charge in [-0.3, -0.25) is 0 Å². The number of hydrogen-bond donors (Lipinski definition) is 0. The fourth-order valence-corrected chi connectivity index (χ4v) is 1.39. The van der Waals surface area contributed by atoms with Crippen molar-refractivity contribution in [1.82, 2.24) is 0 Å². The summed E-state index contributed by atoms with van der Waals surface area (Å²) >= 11 is 0. The molecule has 0 nitrogen and oxygen atoms in total. The van der Waals surface area contributed by atoms with Crippen molar-refractivity contribution in [3.05, 3.63) is 67.1 Å². The quantitative estimate of drug-likeness (QED) is 0.609. The molecule has 0 bridgehead atoms. The Balaban J connectivity index is 3.08. The predicted octanol–water partition coefficient (Wildman–Crippen LogP) is 3.20. The van der Waals surface area contributed by atoms with E-state index in [0.717, 1.165) is 18.4 Å². The predicted molar refractivity (Wildman–Crippen MR) is 57.6 cm³/mol. The average molecular weight is 170 g/mol. The lowest BCUT2D eigenvalue weighted by molar-refractivity contribution is 1.14. The molecule has 1 aromatic rings. The van der Waals surface area contributed by atoms with Gasteiger partial charge in [-0.05, 0) is 36.5 Å². The maximum atomic E-state index is 5.86. The highest BCUT2D eigenvalue weighted by Crippen LogP contribution is 2.16. The van der Waals surface area contributed by atoms with Crippen LogP contribution >= 0.6 is 0 Å². The summed E-state index contributed by atoms with van der Waals surface area (Å²) < 4.78 is 0. The smallest absolute Gasteiger partial charge is 0.000889 e. The van der Waals surface area contributed by atoms with Gasteiger partial charge in [-0.25, -0.2) is 0 Å². The largest absolute Gasteiger partial charge is 0.103 e. The van der Waals surface area contributed by atoms with E-state index in [2.05, 4.69) is 19.2 Å². The highest BCUT2D eigenvalue weighted by atomic mass is 14.1. The maximum absolute atomic E-state index is 5.86. The van der Waals surface area contributed by atoms with Crippen LogP contribution in [0.15, 0.2) is 43.5 Å². The van der Waals surface area contributed by atoms with Gasteiger partial charge in [-0.1, -0.05) is 30.4 Å². The normalized spacial score (nSPS) is 9.62. The van der Waals surface area contributed by atoms with E-state index in [1.165, 1.54) is 11.1 Å². The van der Waals surface area contributed by atoms with Crippen molar-refractivity contribution in [3.8, 4) is 0 Å². The van der Waals surface area contributed by atoms with Crippen molar-refractivity contribution in [2.24, 2.45) is 0 Å². The third kappa shape index (κ3) is 2.32. The van der Waals surface area contributed by atoms with Crippen LogP contribution in [0.1, 0.15) is 16.7 Å². The first-order valence-electron chi connectivity index (χ1n) is 4.37. The highest BCUT2D eigenvalue weighted by molar-refractivity contribution is 5.39. The molecule has 66 valence electrons. The van der Waals surface area contributed by atoms with Gasteiger partial charge in [0.05, 0.1) is 0 Å². The van der Waals surface area contributed by atoms with Gasteiger partial charge in [-0.15, -0.1) is 13.2 Å². The summed E-state index contributed by atoms with van der Waals surface area (Å²) in [6, 6.07) is 5.98. The van der Waals surface area contributed by atoms with Gasteiger partial charge >= 0.3 is 0 Å². The lowest BCUT2D eigenvalue weighted by Gasteiger charge is -2.08. The van der Waals surface area contributed by atoms with Crippen molar-refractivity contribution in [2.45, 2.75) is 12.8 Å². The van der Waals surface area contributed by atoms with E-state index in [-0.39, 0.29) is 0 Å². The molecule has 0 saturated carbocycles. The first kappa shape index (κ1) is 9.79. The summed E-state index contributed by atoms with van der Waals surface area (Å²) in [6.07, 6.45) is 5.46. The monoisotopic (exact) mass is 170 g/mol. The molecule has 0 heteroatoms. The molecule has 1 aromatic carbocycles. The zero-order valence-corrected chi connectivity index (χ0v) is 7.79. The van der Waals surface area contributed by atoms with Crippen LogP contribution in [0.5, 0.6) is 0 Å². The number of hydrogen-bond acceptors (Lipinski definition) is 0. The fourth-order valence-electron chi connectivity index (χ4n) is 1.39. The van der Waals surface area contributed by atoms with Crippen LogP contribution in [0.4, 0.5) is 0 Å². The molecule has 0 saturated heterocycles. The Morgan fingerprint density at radius 1 is 1.15 bits per heavy atom. The Bertz CT molecular complexity index is 308. The van der Waals surface area contributed by atoms with Gasteiger partial charge in [0.2, 0.25) is 0 Å². The molecule has 0 spiro atoms. The first-order chi connectivity index (χ1) is 6.29. The second-order valence-corrected chi connectivity index (χ2v) is 2.97. The van der Waals surface area contributed by atoms with Gasteiger partial charge in [-0.2, -0.15) is 0 Å². The number of rotatable bonds is 4. The minimum atomic E-state index is 0.829. The van der Waals surface area contributed by atoms with E-state index >= 15 is 0 Å². The minimum absolute atomic E-state index is 0.829. The van der Waals surface area contributed by atoms with Crippen LogP contribution in [-0.4, -0.2) is 0 Å². The van der Waals surface area contributed by atoms with Crippen LogP contribution in [0.25, 0.3) is 0 Å². The molecule has 0 aromatic heterocycles. The Kier molecular flexibility index (Phi) is 3.51. The van der Waals surface area contributed by atoms with Crippen molar-refractivity contribution in [2.75, 3.05) is 0 Å². The molecule has 2 radical (unpaired) electrons. The van der Waals surface area contributed by atoms with E-state index < -0.39 is 0 Å². The Morgan fingerprint density at radius 3 is 2.46 bits per heavy atom. The maximum Gasteiger partial charge on any atom is -0.000889 e. The summed E-state index contributed by atoms with van der Waals surface area (Å²) in [5.41, 5.74) is 3.27. The van der Waals surface area contributed by atoms with Crippen molar-refractivity contribution < 1.29 is 0 Å². The minimum Gasteiger partial charge on any atom is -0.103 e. The van der Waals surface area contributed by atoms with Crippen molar-refractivity contribution >= 4 is 0 Å². The second kappa shape index (κ2) is 4.66. The molecular weight excluding hydrogens is 156 g/mol. The lowest BCUT2D eigenvalue weighted by Crippen LogP contribution is -1.94. The van der Waals surface area contributed by atoms with Gasteiger partial charge in [0.15, 0.2) is 0 Å². The summed E-state index contributed by atoms with van der Waals surface area (Å²) in [5.74, 6) is 0. The average Bonchev–Trinajstić information content (AvgIpc) is 2.11. The van der Waals surface area contributed by atoms with Gasteiger partial charge in [0, 0.05) is 0 Å². The molecular formula is C13H14. The summed E-state index contributed by atoms with van der Waals surface area (Å²) in [5, 5.41) is 0. The van der Waals surface area contributed by atoms with E-state index in [9.17, 15) is 0 Å². The Hall–Kier alpha value is -1.30. The molecule has 0 heterocycles. The zero-order chi connectivity index (χ0) is 9.68. The third-order valence-corrected chi connectivity index (χ3v) is 2.02. The van der Waals surface area contributed by atoms with Crippen molar-refractivity contribution in [3.63, 3.8) is 0 Å². The van der Waals surface area contributed by atoms with Gasteiger partial charge < -0.3 is 0 Å². The topological polar surface area (TPSA) is 0 Å². The van der Waals surface area contributed by atoms with E-state index in [1.807, 2.05) is 24.3 Å². The van der Waals surface area contributed by atoms with Crippen LogP contribution in [0.2, 0.25) is 0 Å². The van der Waals surface area contributed by atoms with Crippen LogP contribution in [0.3, 0.4) is 0 Å². The van der Waals surface area contributed by atoms with E-state index in [4.69, 9.17) is 6.92 Å². The third-order valence-electron chi connectivity index (χ3n) is 2.02. The molecule has 0 unspecified atom stereocenters. The lowest BCUT2D eigenvalue weighted by atomic mass is 9.97. The SMILES string of the molecule is [CH]c1cccc(CC=C)c1CC=C. The molecule has 1 rings (SSSR count). The van der Waals surface area contributed by atoms with Crippen LogP contribution < -0.4 is 0 Å². The molecule has 0 N–H and O–H groups in total. The van der Waals surface area contributed by atoms with Crippen molar-refractivity contribution in [1.29, 1.82) is 0 Å². The van der Waals surface area contributed by atoms with Gasteiger partial charge in [0.1, 0.15) is 0 Å². The summed E-state index contributed by atoms with van der Waals surface area (Å²) in [4.78, 5) is 0. The first-order valence-corrected chi connectivity index (χ1v) is 4.37. The molecule has 0 atom stereocenters. The summed E-state index contributed by atoms with van der Waals surface area (Å²) in [7, 11) is 0. The van der Waals surface area contributed by atoms with E-state index in [1.54, 1.807) is 0 Å². The zero-order valence-electron chi connectivity index (χ0n) is 7.79. The fraction of sp³-hybridized carbons (Fsp3) is 0.154. The number of benzene rings is 1. The molecule has 13 heavy (non-hydrogen) atoms. The standard InChI is InChI=1S/C13H14/c1-4-7-12-10-6-9-11(3)13(12)8-5-2/h3-6,9-10H,1-2,7-8H2. The van der Waals surface area contributed by atoms with Crippen LogP contribution in [-0.2, 0) is 12.8 Å². The molecule has 0 amide bonds. The highest BCUT2D eigenvalue weighted by Gasteiger charge is 2.01. The number of allylic oxidation sites excluding steroid dienone is 2. The molecule has 0 aliphatic carbocycles. The molecule has 0 aliphatic rings. The van der Waals surface area contributed by atoms with Crippen LogP contribution in [0, 0.1) is 6.92 Å². The second-order valence-electron chi connectivity index (χ2n) is 2.97. The van der Waals surface area contributed by atoms with Gasteiger partial charge in [0.25, 0.3) is 0 Å². The molecule has 0 fully saturated rings. The Morgan fingerprint density at radius 2 is 1.85 bits per heavy atom. The summed E-state index contributed by atoms with van der Waals surface area (Å²) in [6.45, 7) is 13.3. The van der Waals surface area contributed by atoms with E-state index in [0.29, 0.717) is 0 Å². The Labute approximate surface area is 80.6 Å².